The van der Waals surface area contributed by atoms with Gasteiger partial charge in [0.25, 0.3) is 0 Å². The molecule has 4 atom stereocenters. The lowest BCUT2D eigenvalue weighted by Crippen LogP contribution is -2.22. The van der Waals surface area contributed by atoms with Crippen molar-refractivity contribution in [1.29, 1.82) is 0 Å². The van der Waals surface area contributed by atoms with E-state index in [1.165, 1.54) is 37.7 Å². The fourth-order valence-electron chi connectivity index (χ4n) is 4.17. The number of hydrogen-bond acceptors (Lipinski definition) is 0. The van der Waals surface area contributed by atoms with Crippen LogP contribution in [-0.4, -0.2) is 0 Å². The molecule has 2 aliphatic carbocycles. The Kier molecular flexibility index (Phi) is 3.54. The van der Waals surface area contributed by atoms with Crippen LogP contribution in [0, 0.1) is 23.7 Å². The van der Waals surface area contributed by atoms with E-state index < -0.39 is 0 Å². The predicted octanol–water partition coefficient (Wildman–Crippen LogP) is 5.16. The van der Waals surface area contributed by atoms with Crippen molar-refractivity contribution < 1.29 is 0 Å². The van der Waals surface area contributed by atoms with Gasteiger partial charge in [0.15, 0.2) is 0 Å². The van der Waals surface area contributed by atoms with Crippen LogP contribution >= 0.6 is 0 Å². The molecule has 3 rings (SSSR count). The summed E-state index contributed by atoms with van der Waals surface area (Å²) in [6.07, 6.45) is 12.1. The molecule has 0 heterocycles. The molecule has 0 spiro atoms. The van der Waals surface area contributed by atoms with Gasteiger partial charge in [-0.3, -0.25) is 0 Å². The molecule has 18 heavy (non-hydrogen) atoms. The molecule has 0 nitrogen and oxygen atoms in total. The summed E-state index contributed by atoms with van der Waals surface area (Å²) in [5, 5.41) is 0. The van der Waals surface area contributed by atoms with E-state index in [4.69, 9.17) is 0 Å². The SMILES string of the molecule is CC1CC2CCCC(C=Cc3ccccc3)C2C1. The fraction of sp³-hybridized carbons (Fsp3) is 0.556. The van der Waals surface area contributed by atoms with Crippen LogP contribution < -0.4 is 0 Å². The second kappa shape index (κ2) is 5.30. The Balaban J connectivity index is 1.70. The van der Waals surface area contributed by atoms with Crippen molar-refractivity contribution in [3.8, 4) is 0 Å². The first kappa shape index (κ1) is 12.0. The van der Waals surface area contributed by atoms with Gasteiger partial charge in [-0.25, -0.2) is 0 Å². The summed E-state index contributed by atoms with van der Waals surface area (Å²) in [5.74, 6) is 3.81. The van der Waals surface area contributed by atoms with E-state index in [-0.39, 0.29) is 0 Å². The number of allylic oxidation sites excluding steroid dienone is 1. The van der Waals surface area contributed by atoms with Crippen molar-refractivity contribution in [3.05, 3.63) is 42.0 Å². The first-order chi connectivity index (χ1) is 8.83. The maximum atomic E-state index is 2.50. The lowest BCUT2D eigenvalue weighted by atomic mass is 9.73. The maximum absolute atomic E-state index is 2.50. The topological polar surface area (TPSA) is 0 Å². The molecule has 0 aliphatic heterocycles. The van der Waals surface area contributed by atoms with Crippen LogP contribution in [-0.2, 0) is 0 Å². The molecule has 0 N–H and O–H groups in total. The number of fused-ring (bicyclic) bond motifs is 1. The van der Waals surface area contributed by atoms with E-state index in [0.29, 0.717) is 0 Å². The molecule has 0 heteroatoms. The standard InChI is InChI=1S/C18H24/c1-14-12-17-9-5-8-16(18(17)13-14)11-10-15-6-3-2-4-7-15/h2-4,6-7,10-11,14,16-18H,5,8-9,12-13H2,1H3. The summed E-state index contributed by atoms with van der Waals surface area (Å²) in [5.41, 5.74) is 1.35. The summed E-state index contributed by atoms with van der Waals surface area (Å²) < 4.78 is 0. The van der Waals surface area contributed by atoms with E-state index in [2.05, 4.69) is 49.4 Å². The summed E-state index contributed by atoms with van der Waals surface area (Å²) in [6, 6.07) is 10.7. The third kappa shape index (κ3) is 2.53. The van der Waals surface area contributed by atoms with Crippen LogP contribution in [0.5, 0.6) is 0 Å². The Hall–Kier alpha value is -1.04. The molecule has 96 valence electrons. The Morgan fingerprint density at radius 1 is 1.06 bits per heavy atom. The highest BCUT2D eigenvalue weighted by atomic mass is 14.4. The first-order valence-electron chi connectivity index (χ1n) is 7.56. The number of rotatable bonds is 2. The zero-order valence-electron chi connectivity index (χ0n) is 11.4. The lowest BCUT2D eigenvalue weighted by molar-refractivity contribution is 0.219. The minimum atomic E-state index is 0.842. The fourth-order valence-corrected chi connectivity index (χ4v) is 4.17. The zero-order valence-corrected chi connectivity index (χ0v) is 11.4. The van der Waals surface area contributed by atoms with Gasteiger partial charge in [0.2, 0.25) is 0 Å². The molecular formula is C18H24. The van der Waals surface area contributed by atoms with Crippen molar-refractivity contribution in [2.24, 2.45) is 23.7 Å². The van der Waals surface area contributed by atoms with Gasteiger partial charge >= 0.3 is 0 Å². The maximum Gasteiger partial charge on any atom is -0.0199 e. The lowest BCUT2D eigenvalue weighted by Gasteiger charge is -2.32. The smallest absolute Gasteiger partial charge is 0.0199 e. The number of benzene rings is 1. The number of hydrogen-bond donors (Lipinski definition) is 0. The molecule has 0 aromatic heterocycles. The minimum Gasteiger partial charge on any atom is -0.0805 e. The normalized spacial score (nSPS) is 35.8. The van der Waals surface area contributed by atoms with Crippen molar-refractivity contribution in [3.63, 3.8) is 0 Å². The van der Waals surface area contributed by atoms with Gasteiger partial charge in [-0.2, -0.15) is 0 Å². The van der Waals surface area contributed by atoms with Gasteiger partial charge in [-0.05, 0) is 48.5 Å². The molecule has 0 amide bonds. The van der Waals surface area contributed by atoms with Gasteiger partial charge in [-0.15, -0.1) is 0 Å². The molecule has 4 unspecified atom stereocenters. The molecule has 0 radical (unpaired) electrons. The van der Waals surface area contributed by atoms with Gasteiger partial charge in [-0.1, -0.05) is 62.2 Å². The second-order valence-electron chi connectivity index (χ2n) is 6.37. The Labute approximate surface area is 111 Å². The van der Waals surface area contributed by atoms with Crippen molar-refractivity contribution >= 4 is 6.08 Å². The molecule has 1 aromatic rings. The Bertz CT molecular complexity index is 403. The third-order valence-electron chi connectivity index (χ3n) is 4.98. The van der Waals surface area contributed by atoms with Gasteiger partial charge in [0, 0.05) is 0 Å². The quantitative estimate of drug-likeness (QED) is 0.669. The van der Waals surface area contributed by atoms with Crippen LogP contribution in [0.15, 0.2) is 36.4 Å². The molecule has 2 aliphatic rings. The molecular weight excluding hydrogens is 216 g/mol. The largest absolute Gasteiger partial charge is 0.0805 e. The van der Waals surface area contributed by atoms with Crippen LogP contribution in [0.1, 0.15) is 44.6 Å². The van der Waals surface area contributed by atoms with Crippen molar-refractivity contribution in [1.82, 2.24) is 0 Å². The third-order valence-corrected chi connectivity index (χ3v) is 4.98. The van der Waals surface area contributed by atoms with E-state index in [9.17, 15) is 0 Å². The van der Waals surface area contributed by atoms with E-state index in [0.717, 1.165) is 23.7 Å². The predicted molar refractivity (Wildman–Crippen MR) is 78.2 cm³/mol. The highest BCUT2D eigenvalue weighted by Gasteiger charge is 2.38. The highest BCUT2D eigenvalue weighted by Crippen LogP contribution is 2.48. The zero-order chi connectivity index (χ0) is 12.4. The summed E-state index contributed by atoms with van der Waals surface area (Å²) in [7, 11) is 0. The van der Waals surface area contributed by atoms with Crippen molar-refractivity contribution in [2.75, 3.05) is 0 Å². The van der Waals surface area contributed by atoms with Crippen LogP contribution in [0.3, 0.4) is 0 Å². The molecule has 0 saturated heterocycles. The van der Waals surface area contributed by atoms with E-state index >= 15 is 0 Å². The highest BCUT2D eigenvalue weighted by molar-refractivity contribution is 5.49. The average molecular weight is 240 g/mol. The summed E-state index contributed by atoms with van der Waals surface area (Å²) in [6.45, 7) is 2.44. The molecule has 0 bridgehead atoms. The van der Waals surface area contributed by atoms with Crippen LogP contribution in [0.2, 0.25) is 0 Å². The monoisotopic (exact) mass is 240 g/mol. The average Bonchev–Trinajstić information content (AvgIpc) is 2.78. The van der Waals surface area contributed by atoms with Crippen LogP contribution in [0.25, 0.3) is 6.08 Å². The summed E-state index contributed by atoms with van der Waals surface area (Å²) in [4.78, 5) is 0. The van der Waals surface area contributed by atoms with Gasteiger partial charge in [0.1, 0.15) is 0 Å². The minimum absolute atomic E-state index is 0.842. The van der Waals surface area contributed by atoms with Crippen LogP contribution in [0.4, 0.5) is 0 Å². The first-order valence-corrected chi connectivity index (χ1v) is 7.56. The molecule has 2 fully saturated rings. The molecule has 1 aromatic carbocycles. The van der Waals surface area contributed by atoms with Gasteiger partial charge < -0.3 is 0 Å². The van der Waals surface area contributed by atoms with Gasteiger partial charge in [0.05, 0.1) is 0 Å². The van der Waals surface area contributed by atoms with E-state index in [1.54, 1.807) is 0 Å². The van der Waals surface area contributed by atoms with Crippen molar-refractivity contribution in [2.45, 2.75) is 39.0 Å². The summed E-state index contributed by atoms with van der Waals surface area (Å²) >= 11 is 0. The Morgan fingerprint density at radius 3 is 2.72 bits per heavy atom. The second-order valence-corrected chi connectivity index (χ2v) is 6.37. The Morgan fingerprint density at radius 2 is 1.89 bits per heavy atom. The van der Waals surface area contributed by atoms with E-state index in [1.807, 2.05) is 0 Å². The molecule has 2 saturated carbocycles.